The maximum atomic E-state index is 12.1. The van der Waals surface area contributed by atoms with Gasteiger partial charge >= 0.3 is 5.37 Å². The van der Waals surface area contributed by atoms with Crippen LogP contribution in [0.4, 0.5) is 10.5 Å². The highest BCUT2D eigenvalue weighted by Crippen LogP contribution is 2.46. The third kappa shape index (κ3) is 3.17. The molecule has 2 aromatic rings. The molecule has 1 saturated carbocycles. The highest BCUT2D eigenvalue weighted by Gasteiger charge is 2.30. The molecule has 0 heterocycles. The van der Waals surface area contributed by atoms with Crippen molar-refractivity contribution in [3.63, 3.8) is 0 Å². The van der Waals surface area contributed by atoms with E-state index in [1.54, 1.807) is 4.90 Å². The van der Waals surface area contributed by atoms with E-state index in [-0.39, 0.29) is 0 Å². The van der Waals surface area contributed by atoms with E-state index in [2.05, 4.69) is 25.1 Å². The molecule has 0 N–H and O–H groups in total. The minimum Gasteiger partial charge on any atom is -0.294 e. The quantitative estimate of drug-likeness (QED) is 0.528. The molecule has 2 nitrogen and oxygen atoms in total. The van der Waals surface area contributed by atoms with Gasteiger partial charge in [-0.25, -0.2) is 0 Å². The number of hydrogen-bond acceptors (Lipinski definition) is 1. The second-order valence-electron chi connectivity index (χ2n) is 5.81. The first-order chi connectivity index (χ1) is 10.7. The Bertz CT molecular complexity index is 664. The number of carbonyl (C=O) groups excluding carboxylic acids is 1. The number of para-hydroxylation sites is 1. The summed E-state index contributed by atoms with van der Waals surface area (Å²) in [7, 11) is 0. The predicted molar refractivity (Wildman–Crippen MR) is 91.7 cm³/mol. The summed E-state index contributed by atoms with van der Waals surface area (Å²) >= 11 is 5.94. The maximum Gasteiger partial charge on any atom is 0.321 e. The molecular formula is C19H20ClNO. The molecule has 1 fully saturated rings. The molecule has 3 rings (SSSR count). The van der Waals surface area contributed by atoms with Crippen LogP contribution in [-0.4, -0.2) is 5.37 Å². The Kier molecular flexibility index (Phi) is 4.49. The minimum atomic E-state index is -0.411. The van der Waals surface area contributed by atoms with E-state index >= 15 is 0 Å². The zero-order valence-corrected chi connectivity index (χ0v) is 13.5. The summed E-state index contributed by atoms with van der Waals surface area (Å²) < 4.78 is 0. The number of hydrogen-bond donors (Lipinski definition) is 0. The van der Waals surface area contributed by atoms with Gasteiger partial charge < -0.3 is 0 Å². The average Bonchev–Trinajstić information content (AvgIpc) is 3.37. The Balaban J connectivity index is 2.02. The zero-order valence-electron chi connectivity index (χ0n) is 12.8. The lowest BCUT2D eigenvalue weighted by Crippen LogP contribution is -2.27. The first-order valence-electron chi connectivity index (χ1n) is 7.83. The number of rotatable bonds is 5. The number of carbonyl (C=O) groups is 1. The van der Waals surface area contributed by atoms with Crippen molar-refractivity contribution in [1.29, 1.82) is 0 Å². The number of amides is 1. The number of anilines is 1. The SMILES string of the molecule is CCc1cccc(C2CC2)c1N(Cc1ccccc1)C(=O)Cl. The van der Waals surface area contributed by atoms with Crippen molar-refractivity contribution in [2.75, 3.05) is 4.90 Å². The molecule has 2 aromatic carbocycles. The summed E-state index contributed by atoms with van der Waals surface area (Å²) in [5, 5.41) is -0.411. The van der Waals surface area contributed by atoms with Gasteiger partial charge in [-0.2, -0.15) is 0 Å². The largest absolute Gasteiger partial charge is 0.321 e. The third-order valence-corrected chi connectivity index (χ3v) is 4.42. The molecule has 0 radical (unpaired) electrons. The van der Waals surface area contributed by atoms with Gasteiger partial charge in [0.15, 0.2) is 0 Å². The number of nitrogens with zero attached hydrogens (tertiary/aromatic N) is 1. The number of benzene rings is 2. The summed E-state index contributed by atoms with van der Waals surface area (Å²) in [4.78, 5) is 13.8. The minimum absolute atomic E-state index is 0.411. The Morgan fingerprint density at radius 2 is 1.86 bits per heavy atom. The van der Waals surface area contributed by atoms with Crippen LogP contribution in [0.5, 0.6) is 0 Å². The molecule has 0 saturated heterocycles. The molecule has 0 unspecified atom stereocenters. The molecule has 0 aliphatic heterocycles. The second kappa shape index (κ2) is 6.53. The highest BCUT2D eigenvalue weighted by atomic mass is 35.5. The fraction of sp³-hybridized carbons (Fsp3) is 0.316. The topological polar surface area (TPSA) is 20.3 Å². The normalized spacial score (nSPS) is 13.9. The molecule has 0 atom stereocenters. The standard InChI is InChI=1S/C19H20ClNO/c1-2-15-9-6-10-17(16-11-12-16)18(15)21(19(20)22)13-14-7-4-3-5-8-14/h3-10,16H,2,11-13H2,1H3. The molecule has 3 heteroatoms. The summed E-state index contributed by atoms with van der Waals surface area (Å²) in [5.74, 6) is 0.579. The lowest BCUT2D eigenvalue weighted by molar-refractivity contribution is 0.264. The van der Waals surface area contributed by atoms with E-state index in [1.165, 1.54) is 24.0 Å². The fourth-order valence-corrected chi connectivity index (χ4v) is 3.09. The summed E-state index contributed by atoms with van der Waals surface area (Å²) in [6.45, 7) is 2.63. The molecular weight excluding hydrogens is 294 g/mol. The van der Waals surface area contributed by atoms with Crippen LogP contribution in [0, 0.1) is 0 Å². The predicted octanol–water partition coefficient (Wildman–Crippen LogP) is 5.49. The van der Waals surface area contributed by atoms with Crippen LogP contribution in [0.3, 0.4) is 0 Å². The first-order valence-corrected chi connectivity index (χ1v) is 8.21. The van der Waals surface area contributed by atoms with Gasteiger partial charge in [0.25, 0.3) is 0 Å². The van der Waals surface area contributed by atoms with Crippen LogP contribution in [-0.2, 0) is 13.0 Å². The zero-order chi connectivity index (χ0) is 15.5. The highest BCUT2D eigenvalue weighted by molar-refractivity contribution is 6.66. The van der Waals surface area contributed by atoms with Crippen molar-refractivity contribution in [2.24, 2.45) is 0 Å². The molecule has 0 bridgehead atoms. The molecule has 0 aromatic heterocycles. The van der Waals surface area contributed by atoms with E-state index in [0.717, 1.165) is 17.7 Å². The molecule has 1 aliphatic carbocycles. The summed E-state index contributed by atoms with van der Waals surface area (Å²) in [5.41, 5.74) is 4.57. The number of aryl methyl sites for hydroxylation is 1. The molecule has 1 aliphatic rings. The van der Waals surface area contributed by atoms with Crippen LogP contribution in [0.1, 0.15) is 42.4 Å². The van der Waals surface area contributed by atoms with Gasteiger partial charge in [-0.05, 0) is 53.5 Å². The van der Waals surface area contributed by atoms with Gasteiger partial charge in [0, 0.05) is 0 Å². The molecule has 1 amide bonds. The van der Waals surface area contributed by atoms with Crippen LogP contribution < -0.4 is 4.90 Å². The van der Waals surface area contributed by atoms with Gasteiger partial charge in [0.1, 0.15) is 0 Å². The van der Waals surface area contributed by atoms with Crippen molar-refractivity contribution in [3.8, 4) is 0 Å². The lowest BCUT2D eigenvalue weighted by Gasteiger charge is -2.26. The van der Waals surface area contributed by atoms with Crippen molar-refractivity contribution < 1.29 is 4.79 Å². The van der Waals surface area contributed by atoms with Gasteiger partial charge in [0.05, 0.1) is 12.2 Å². The fourth-order valence-electron chi connectivity index (χ4n) is 2.94. The Morgan fingerprint density at radius 1 is 1.14 bits per heavy atom. The molecule has 0 spiro atoms. The van der Waals surface area contributed by atoms with Crippen LogP contribution >= 0.6 is 11.6 Å². The first kappa shape index (κ1) is 15.1. The molecule has 114 valence electrons. The Hall–Kier alpha value is -1.80. The second-order valence-corrected chi connectivity index (χ2v) is 6.13. The van der Waals surface area contributed by atoms with Crippen molar-refractivity contribution in [2.45, 2.75) is 38.6 Å². The van der Waals surface area contributed by atoms with Crippen molar-refractivity contribution >= 4 is 22.7 Å². The van der Waals surface area contributed by atoms with Gasteiger partial charge in [0.2, 0.25) is 0 Å². The average molecular weight is 314 g/mol. The van der Waals surface area contributed by atoms with Crippen LogP contribution in [0.2, 0.25) is 0 Å². The smallest absolute Gasteiger partial charge is 0.294 e. The third-order valence-electron chi connectivity index (χ3n) is 4.21. The molecule has 22 heavy (non-hydrogen) atoms. The van der Waals surface area contributed by atoms with E-state index < -0.39 is 5.37 Å². The Morgan fingerprint density at radius 3 is 2.45 bits per heavy atom. The monoisotopic (exact) mass is 313 g/mol. The van der Waals surface area contributed by atoms with Crippen molar-refractivity contribution in [1.82, 2.24) is 0 Å². The van der Waals surface area contributed by atoms with Crippen LogP contribution in [0.25, 0.3) is 0 Å². The van der Waals surface area contributed by atoms with Gasteiger partial charge in [-0.3, -0.25) is 9.69 Å². The Labute approximate surface area is 136 Å². The lowest BCUT2D eigenvalue weighted by atomic mass is 10.00. The maximum absolute atomic E-state index is 12.1. The van der Waals surface area contributed by atoms with Crippen molar-refractivity contribution in [3.05, 3.63) is 65.2 Å². The summed E-state index contributed by atoms with van der Waals surface area (Å²) in [6.07, 6.45) is 3.30. The van der Waals surface area contributed by atoms with E-state index in [0.29, 0.717) is 12.5 Å². The van der Waals surface area contributed by atoms with Crippen LogP contribution in [0.15, 0.2) is 48.5 Å². The van der Waals surface area contributed by atoms with E-state index in [9.17, 15) is 4.79 Å². The van der Waals surface area contributed by atoms with Gasteiger partial charge in [-0.1, -0.05) is 55.5 Å². The van der Waals surface area contributed by atoms with E-state index in [4.69, 9.17) is 11.6 Å². The van der Waals surface area contributed by atoms with E-state index in [1.807, 2.05) is 30.3 Å². The van der Waals surface area contributed by atoms with Gasteiger partial charge in [-0.15, -0.1) is 0 Å². The summed E-state index contributed by atoms with van der Waals surface area (Å²) in [6, 6.07) is 16.3. The number of halogens is 1.